The van der Waals surface area contributed by atoms with Crippen molar-refractivity contribution in [3.63, 3.8) is 0 Å². The number of hydrogen-bond donors (Lipinski definition) is 0. The van der Waals surface area contributed by atoms with Crippen molar-refractivity contribution in [1.29, 1.82) is 0 Å². The fraction of sp³-hybridized carbons (Fsp3) is 0.571. The molecular weight excluding hydrogens is 284 g/mol. The Morgan fingerprint density at radius 3 is 2.42 bits per heavy atom. The number of alkyl halides is 1. The summed E-state index contributed by atoms with van der Waals surface area (Å²) in [5.41, 5.74) is 1.03. The van der Waals surface area contributed by atoms with Crippen molar-refractivity contribution >= 4 is 21.7 Å². The molecule has 1 aromatic rings. The Hall–Kier alpha value is -0.580. The van der Waals surface area contributed by atoms with Gasteiger partial charge in [0, 0.05) is 11.3 Å². The van der Waals surface area contributed by atoms with E-state index in [1.165, 1.54) is 0 Å². The van der Waals surface area contributed by atoms with Gasteiger partial charge in [-0.25, -0.2) is 0 Å². The Balaban J connectivity index is 1.78. The van der Waals surface area contributed by atoms with E-state index in [2.05, 4.69) is 0 Å². The second-order valence-electron chi connectivity index (χ2n) is 5.58. The van der Waals surface area contributed by atoms with E-state index in [0.29, 0.717) is 5.92 Å². The highest BCUT2D eigenvalue weighted by Crippen LogP contribution is 2.49. The molecule has 4 atom stereocenters. The van der Waals surface area contributed by atoms with Gasteiger partial charge in [0.15, 0.2) is 0 Å². The number of hydrogen-bond acceptors (Lipinski definition) is 3. The predicted octanol–water partition coefficient (Wildman–Crippen LogP) is 3.11. The standard InChI is InChI=1S/C14H17ClO3S/c1-9-2-5-11(6-3-9)19(16,17)18-13-8-10-4-7-12(13)14(10)15/h2-3,5-6,10,12-14H,4,7-8H2,1H3/t10-,12+,13+,14-/m0/s1. The van der Waals surface area contributed by atoms with Crippen LogP contribution < -0.4 is 0 Å². The molecule has 0 N–H and O–H groups in total. The molecule has 0 aliphatic heterocycles. The van der Waals surface area contributed by atoms with Crippen LogP contribution in [0.1, 0.15) is 24.8 Å². The van der Waals surface area contributed by atoms with Gasteiger partial charge in [-0.3, -0.25) is 4.18 Å². The molecule has 0 spiro atoms. The summed E-state index contributed by atoms with van der Waals surface area (Å²) in [5, 5.41) is 0.0817. The third kappa shape index (κ3) is 2.41. The Labute approximate surface area is 119 Å². The molecule has 3 rings (SSSR count). The number of aryl methyl sites for hydroxylation is 1. The third-order valence-electron chi connectivity index (χ3n) is 4.30. The van der Waals surface area contributed by atoms with Crippen molar-refractivity contribution in [2.75, 3.05) is 0 Å². The first-order chi connectivity index (χ1) is 8.97. The van der Waals surface area contributed by atoms with E-state index in [1.807, 2.05) is 6.92 Å². The molecule has 2 aliphatic carbocycles. The van der Waals surface area contributed by atoms with Crippen molar-refractivity contribution in [2.45, 2.75) is 42.6 Å². The molecule has 19 heavy (non-hydrogen) atoms. The SMILES string of the molecule is Cc1ccc(S(=O)(=O)O[C@@H]2C[C@@H]3CC[C@H]2[C@H]3Cl)cc1. The Bertz CT molecular complexity index is 567. The van der Waals surface area contributed by atoms with Crippen LogP contribution in [0.15, 0.2) is 29.2 Å². The van der Waals surface area contributed by atoms with Gasteiger partial charge in [0.2, 0.25) is 0 Å². The molecule has 0 aromatic heterocycles. The van der Waals surface area contributed by atoms with E-state index < -0.39 is 10.1 Å². The number of halogens is 1. The van der Waals surface area contributed by atoms with Crippen LogP contribution in [0.3, 0.4) is 0 Å². The van der Waals surface area contributed by atoms with E-state index in [9.17, 15) is 8.42 Å². The molecule has 0 radical (unpaired) electrons. The van der Waals surface area contributed by atoms with Crippen molar-refractivity contribution in [3.8, 4) is 0 Å². The molecule has 5 heteroatoms. The minimum absolute atomic E-state index is 0.0817. The van der Waals surface area contributed by atoms with Gasteiger partial charge < -0.3 is 0 Å². The number of rotatable bonds is 3. The van der Waals surface area contributed by atoms with Crippen LogP contribution in [0.2, 0.25) is 0 Å². The summed E-state index contributed by atoms with van der Waals surface area (Å²) >= 11 is 6.29. The summed E-state index contributed by atoms with van der Waals surface area (Å²) < 4.78 is 29.9. The largest absolute Gasteiger partial charge is 0.297 e. The minimum atomic E-state index is -3.66. The molecule has 3 nitrogen and oxygen atoms in total. The minimum Gasteiger partial charge on any atom is -0.263 e. The molecule has 0 heterocycles. The second kappa shape index (κ2) is 4.76. The number of benzene rings is 1. The van der Waals surface area contributed by atoms with Gasteiger partial charge in [-0.2, -0.15) is 8.42 Å². The first-order valence-electron chi connectivity index (χ1n) is 6.61. The molecule has 0 saturated heterocycles. The summed E-state index contributed by atoms with van der Waals surface area (Å²) in [7, 11) is -3.66. The van der Waals surface area contributed by atoms with Crippen molar-refractivity contribution in [2.24, 2.45) is 11.8 Å². The normalized spacial score (nSPS) is 33.8. The van der Waals surface area contributed by atoms with Crippen LogP contribution in [0.4, 0.5) is 0 Å². The lowest BCUT2D eigenvalue weighted by Gasteiger charge is -2.21. The van der Waals surface area contributed by atoms with Gasteiger partial charge in [-0.1, -0.05) is 17.7 Å². The molecule has 2 bridgehead atoms. The summed E-state index contributed by atoms with van der Waals surface area (Å²) in [5.74, 6) is 0.608. The molecular formula is C14H17ClO3S. The summed E-state index contributed by atoms with van der Waals surface area (Å²) in [6, 6.07) is 6.74. The summed E-state index contributed by atoms with van der Waals surface area (Å²) in [6.07, 6.45) is 2.60. The Kier molecular flexibility index (Phi) is 3.36. The van der Waals surface area contributed by atoms with E-state index in [1.54, 1.807) is 24.3 Å². The zero-order valence-electron chi connectivity index (χ0n) is 10.8. The van der Waals surface area contributed by atoms with Crippen LogP contribution in [-0.2, 0) is 14.3 Å². The number of fused-ring (bicyclic) bond motifs is 2. The van der Waals surface area contributed by atoms with Crippen molar-refractivity contribution in [3.05, 3.63) is 29.8 Å². The predicted molar refractivity (Wildman–Crippen MR) is 73.7 cm³/mol. The highest BCUT2D eigenvalue weighted by atomic mass is 35.5. The van der Waals surface area contributed by atoms with E-state index >= 15 is 0 Å². The fourth-order valence-corrected chi connectivity index (χ4v) is 4.86. The molecule has 2 saturated carbocycles. The molecule has 0 amide bonds. The maximum atomic E-state index is 12.2. The van der Waals surface area contributed by atoms with Gasteiger partial charge in [0.05, 0.1) is 11.0 Å². The molecule has 104 valence electrons. The average Bonchev–Trinajstić information content (AvgIpc) is 2.84. The van der Waals surface area contributed by atoms with Gasteiger partial charge in [0.25, 0.3) is 10.1 Å². The van der Waals surface area contributed by atoms with Gasteiger partial charge in [-0.05, 0) is 44.2 Å². The van der Waals surface area contributed by atoms with Crippen LogP contribution >= 0.6 is 11.6 Å². The zero-order chi connectivity index (χ0) is 13.6. The topological polar surface area (TPSA) is 43.4 Å². The highest BCUT2D eigenvalue weighted by Gasteiger charge is 2.49. The van der Waals surface area contributed by atoms with Crippen LogP contribution in [0, 0.1) is 18.8 Å². The molecule has 0 unspecified atom stereocenters. The summed E-state index contributed by atoms with van der Waals surface area (Å²) in [4.78, 5) is 0.229. The fourth-order valence-electron chi connectivity index (χ4n) is 3.22. The van der Waals surface area contributed by atoms with E-state index in [-0.39, 0.29) is 22.3 Å². The zero-order valence-corrected chi connectivity index (χ0v) is 12.3. The first kappa shape index (κ1) is 13.4. The van der Waals surface area contributed by atoms with E-state index in [4.69, 9.17) is 15.8 Å². The lowest BCUT2D eigenvalue weighted by atomic mass is 9.98. The van der Waals surface area contributed by atoms with Gasteiger partial charge >= 0.3 is 0 Å². The van der Waals surface area contributed by atoms with E-state index in [0.717, 1.165) is 24.8 Å². The van der Waals surface area contributed by atoms with Crippen molar-refractivity contribution < 1.29 is 12.6 Å². The maximum absolute atomic E-state index is 12.2. The quantitative estimate of drug-likeness (QED) is 0.636. The lowest BCUT2D eigenvalue weighted by Crippen LogP contribution is -2.25. The van der Waals surface area contributed by atoms with Gasteiger partial charge in [0.1, 0.15) is 0 Å². The summed E-state index contributed by atoms with van der Waals surface area (Å²) in [6.45, 7) is 1.92. The van der Waals surface area contributed by atoms with Gasteiger partial charge in [-0.15, -0.1) is 11.6 Å². The van der Waals surface area contributed by atoms with Crippen LogP contribution in [0.25, 0.3) is 0 Å². The van der Waals surface area contributed by atoms with Crippen LogP contribution in [-0.4, -0.2) is 19.9 Å². The molecule has 2 fully saturated rings. The van der Waals surface area contributed by atoms with Crippen LogP contribution in [0.5, 0.6) is 0 Å². The highest BCUT2D eigenvalue weighted by molar-refractivity contribution is 7.86. The second-order valence-corrected chi connectivity index (χ2v) is 7.66. The monoisotopic (exact) mass is 300 g/mol. The first-order valence-corrected chi connectivity index (χ1v) is 8.46. The average molecular weight is 301 g/mol. The Morgan fingerprint density at radius 2 is 1.89 bits per heavy atom. The maximum Gasteiger partial charge on any atom is 0.297 e. The third-order valence-corrected chi connectivity index (χ3v) is 6.33. The Morgan fingerprint density at radius 1 is 1.21 bits per heavy atom. The van der Waals surface area contributed by atoms with Crippen molar-refractivity contribution in [1.82, 2.24) is 0 Å². The molecule has 1 aromatic carbocycles. The molecule has 2 aliphatic rings. The smallest absolute Gasteiger partial charge is 0.263 e. The lowest BCUT2D eigenvalue weighted by molar-refractivity contribution is 0.146.